The molecule has 0 radical (unpaired) electrons. The Balaban J connectivity index is 1.44. The fraction of sp³-hybridized carbons (Fsp3) is 0.0909. The molecule has 0 fully saturated rings. The van der Waals surface area contributed by atoms with Crippen LogP contribution in [0.4, 0.5) is 5.69 Å². The zero-order valence-electron chi connectivity index (χ0n) is 15.8. The number of cyclic esters (lactones) is 1. The van der Waals surface area contributed by atoms with Gasteiger partial charge in [0.15, 0.2) is 18.1 Å². The van der Waals surface area contributed by atoms with Crippen molar-refractivity contribution in [1.82, 2.24) is 0 Å². The number of carbonyl (C=O) groups is 2. The predicted molar refractivity (Wildman–Crippen MR) is 118 cm³/mol. The number of halogens is 3. The maximum atomic E-state index is 12.4. The third-order valence-corrected chi connectivity index (χ3v) is 5.11. The van der Waals surface area contributed by atoms with E-state index in [1.807, 2.05) is 0 Å². The Morgan fingerprint density at radius 2 is 1.68 bits per heavy atom. The van der Waals surface area contributed by atoms with Crippen LogP contribution in [0.3, 0.4) is 0 Å². The van der Waals surface area contributed by atoms with E-state index in [-0.39, 0.29) is 24.9 Å². The molecule has 9 heteroatoms. The molecule has 0 atom stereocenters. The summed E-state index contributed by atoms with van der Waals surface area (Å²) in [4.78, 5) is 23.9. The summed E-state index contributed by atoms with van der Waals surface area (Å²) < 4.78 is 16.4. The summed E-state index contributed by atoms with van der Waals surface area (Å²) in [5, 5.41) is 3.93. The summed E-state index contributed by atoms with van der Waals surface area (Å²) in [6.45, 7) is -0.109. The third kappa shape index (κ3) is 5.05. The van der Waals surface area contributed by atoms with E-state index in [1.165, 1.54) is 6.07 Å². The quantitative estimate of drug-likeness (QED) is 0.432. The van der Waals surface area contributed by atoms with E-state index in [9.17, 15) is 9.59 Å². The fourth-order valence-corrected chi connectivity index (χ4v) is 3.52. The highest BCUT2D eigenvalue weighted by Gasteiger charge is 2.21. The largest absolute Gasteiger partial charge is 0.480 e. The van der Waals surface area contributed by atoms with Gasteiger partial charge >= 0.3 is 5.97 Å². The van der Waals surface area contributed by atoms with Gasteiger partial charge in [0.2, 0.25) is 0 Å². The van der Waals surface area contributed by atoms with Gasteiger partial charge in [0.1, 0.15) is 12.4 Å². The van der Waals surface area contributed by atoms with Gasteiger partial charge in [-0.15, -0.1) is 0 Å². The van der Waals surface area contributed by atoms with Crippen LogP contribution in [0.5, 0.6) is 17.2 Å². The van der Waals surface area contributed by atoms with Crippen LogP contribution in [0, 0.1) is 0 Å². The smallest absolute Gasteiger partial charge is 0.338 e. The molecule has 1 amide bonds. The molecule has 1 aliphatic heterocycles. The third-order valence-electron chi connectivity index (χ3n) is 4.35. The van der Waals surface area contributed by atoms with Gasteiger partial charge in [-0.3, -0.25) is 4.79 Å². The average Bonchev–Trinajstić information content (AvgIpc) is 3.10. The molecule has 0 aromatic heterocycles. The molecular formula is C22H14Cl3NO5. The minimum atomic E-state index is -0.402. The summed E-state index contributed by atoms with van der Waals surface area (Å²) >= 11 is 18.1. The van der Waals surface area contributed by atoms with Crippen LogP contribution < -0.4 is 14.8 Å². The van der Waals surface area contributed by atoms with E-state index >= 15 is 0 Å². The summed E-state index contributed by atoms with van der Waals surface area (Å²) in [6.07, 6.45) is 0. The summed E-state index contributed by atoms with van der Waals surface area (Å²) in [5.41, 5.74) is 1.74. The van der Waals surface area contributed by atoms with E-state index in [2.05, 4.69) is 5.32 Å². The first-order valence-corrected chi connectivity index (χ1v) is 10.2. The number of esters is 1. The molecule has 6 nitrogen and oxygen atoms in total. The molecule has 1 N–H and O–H groups in total. The Hall–Kier alpha value is -2.93. The highest BCUT2D eigenvalue weighted by molar-refractivity contribution is 6.35. The average molecular weight is 479 g/mol. The number of hydrogen-bond acceptors (Lipinski definition) is 5. The van der Waals surface area contributed by atoms with Crippen LogP contribution >= 0.6 is 34.8 Å². The number of fused-ring (bicyclic) bond motifs is 1. The number of rotatable bonds is 6. The normalized spacial score (nSPS) is 12.2. The van der Waals surface area contributed by atoms with Crippen LogP contribution in [-0.2, 0) is 16.1 Å². The first-order chi connectivity index (χ1) is 14.9. The standard InChI is InChI=1S/C22H14Cl3NO5/c23-13-1-5-18(17(25)8-13)31-19-6-2-14(24)9-20(19)29-11-21(27)26-15-3-4-16-12(7-15)10-30-22(16)28/h1-9H,10-11H2,(H,26,27). The maximum Gasteiger partial charge on any atom is 0.338 e. The van der Waals surface area contributed by atoms with Crippen LogP contribution in [0.2, 0.25) is 15.1 Å². The molecule has 4 rings (SSSR count). The predicted octanol–water partition coefficient (Wildman–Crippen LogP) is 6.13. The zero-order chi connectivity index (χ0) is 22.0. The van der Waals surface area contributed by atoms with Crippen molar-refractivity contribution in [3.8, 4) is 17.2 Å². The zero-order valence-corrected chi connectivity index (χ0v) is 18.1. The molecule has 0 spiro atoms. The van der Waals surface area contributed by atoms with Crippen LogP contribution in [0.15, 0.2) is 54.6 Å². The van der Waals surface area contributed by atoms with E-state index < -0.39 is 5.91 Å². The molecule has 0 aliphatic carbocycles. The topological polar surface area (TPSA) is 73.9 Å². The molecule has 0 saturated carbocycles. The Labute approximate surface area is 192 Å². The van der Waals surface area contributed by atoms with E-state index in [0.717, 1.165) is 0 Å². The molecular weight excluding hydrogens is 465 g/mol. The molecule has 0 bridgehead atoms. The molecule has 3 aromatic rings. The van der Waals surface area contributed by atoms with Crippen molar-refractivity contribution in [2.24, 2.45) is 0 Å². The van der Waals surface area contributed by atoms with Crippen molar-refractivity contribution in [3.63, 3.8) is 0 Å². The fourth-order valence-electron chi connectivity index (χ4n) is 2.91. The van der Waals surface area contributed by atoms with Crippen molar-refractivity contribution in [1.29, 1.82) is 0 Å². The van der Waals surface area contributed by atoms with Gasteiger partial charge in [0.25, 0.3) is 5.91 Å². The lowest BCUT2D eigenvalue weighted by molar-refractivity contribution is -0.118. The van der Waals surface area contributed by atoms with E-state index in [0.29, 0.717) is 43.4 Å². The number of anilines is 1. The Morgan fingerprint density at radius 1 is 0.935 bits per heavy atom. The van der Waals surface area contributed by atoms with Crippen molar-refractivity contribution in [3.05, 3.63) is 80.8 Å². The summed E-state index contributed by atoms with van der Waals surface area (Å²) in [7, 11) is 0. The first-order valence-electron chi connectivity index (χ1n) is 9.04. The molecule has 1 heterocycles. The van der Waals surface area contributed by atoms with Crippen LogP contribution in [-0.4, -0.2) is 18.5 Å². The Kier molecular flexibility index (Phi) is 6.23. The maximum absolute atomic E-state index is 12.4. The lowest BCUT2D eigenvalue weighted by Crippen LogP contribution is -2.20. The second kappa shape index (κ2) is 9.06. The van der Waals surface area contributed by atoms with Gasteiger partial charge in [-0.25, -0.2) is 4.79 Å². The highest BCUT2D eigenvalue weighted by Crippen LogP contribution is 2.37. The van der Waals surface area contributed by atoms with Gasteiger partial charge in [-0.1, -0.05) is 34.8 Å². The molecule has 158 valence electrons. The van der Waals surface area contributed by atoms with E-state index in [1.54, 1.807) is 48.5 Å². The van der Waals surface area contributed by atoms with Crippen LogP contribution in [0.25, 0.3) is 0 Å². The van der Waals surface area contributed by atoms with Gasteiger partial charge < -0.3 is 19.5 Å². The van der Waals surface area contributed by atoms with Crippen molar-refractivity contribution >= 4 is 52.4 Å². The van der Waals surface area contributed by atoms with Crippen molar-refractivity contribution < 1.29 is 23.8 Å². The first kappa shape index (κ1) is 21.3. The van der Waals surface area contributed by atoms with Gasteiger partial charge in [0, 0.05) is 27.4 Å². The highest BCUT2D eigenvalue weighted by atomic mass is 35.5. The van der Waals surface area contributed by atoms with Crippen molar-refractivity contribution in [2.45, 2.75) is 6.61 Å². The number of carbonyl (C=O) groups excluding carboxylic acids is 2. The monoisotopic (exact) mass is 477 g/mol. The SMILES string of the molecule is O=C(COc1cc(Cl)ccc1Oc1ccc(Cl)cc1Cl)Nc1ccc2c(c1)COC2=O. The molecule has 0 unspecified atom stereocenters. The summed E-state index contributed by atoms with van der Waals surface area (Å²) in [5.74, 6) is 0.194. The second-order valence-electron chi connectivity index (χ2n) is 6.55. The van der Waals surface area contributed by atoms with Gasteiger partial charge in [-0.2, -0.15) is 0 Å². The van der Waals surface area contributed by atoms with Crippen molar-refractivity contribution in [2.75, 3.05) is 11.9 Å². The lowest BCUT2D eigenvalue weighted by Gasteiger charge is -2.14. The Morgan fingerprint density at radius 3 is 2.45 bits per heavy atom. The molecule has 1 aliphatic rings. The molecule has 31 heavy (non-hydrogen) atoms. The molecule has 3 aromatic carbocycles. The second-order valence-corrected chi connectivity index (χ2v) is 7.83. The number of nitrogens with one attached hydrogen (secondary N) is 1. The molecule has 0 saturated heterocycles. The number of benzene rings is 3. The minimum Gasteiger partial charge on any atom is -0.480 e. The lowest BCUT2D eigenvalue weighted by atomic mass is 10.1. The van der Waals surface area contributed by atoms with Gasteiger partial charge in [0.05, 0.1) is 10.6 Å². The van der Waals surface area contributed by atoms with E-state index in [4.69, 9.17) is 49.0 Å². The Bertz CT molecular complexity index is 1180. The number of amides is 1. The van der Waals surface area contributed by atoms with Crippen LogP contribution in [0.1, 0.15) is 15.9 Å². The van der Waals surface area contributed by atoms with Gasteiger partial charge in [-0.05, 0) is 48.5 Å². The number of ether oxygens (including phenoxy) is 3. The summed E-state index contributed by atoms with van der Waals surface area (Å²) in [6, 6.07) is 14.5. The minimum absolute atomic E-state index is 0.185. The number of hydrogen-bond donors (Lipinski definition) is 1.